The van der Waals surface area contributed by atoms with Gasteiger partial charge in [0.1, 0.15) is 0 Å². The first kappa shape index (κ1) is 16.1. The van der Waals surface area contributed by atoms with Gasteiger partial charge in [-0.05, 0) is 25.8 Å². The van der Waals surface area contributed by atoms with Crippen LogP contribution in [0.3, 0.4) is 0 Å². The first-order valence-electron chi connectivity index (χ1n) is 5.50. The second-order valence-electron chi connectivity index (χ2n) is 3.99. The van der Waals surface area contributed by atoms with Crippen LogP contribution in [0.5, 0.6) is 0 Å². The van der Waals surface area contributed by atoms with Crippen LogP contribution < -0.4 is 10.0 Å². The van der Waals surface area contributed by atoms with Crippen molar-refractivity contribution in [3.8, 4) is 0 Å². The molecule has 2 N–H and O–H groups in total. The molecule has 0 amide bonds. The summed E-state index contributed by atoms with van der Waals surface area (Å²) >= 11 is 0. The summed E-state index contributed by atoms with van der Waals surface area (Å²) in [5, 5.41) is 3.18. The van der Waals surface area contributed by atoms with E-state index in [1.54, 1.807) is 7.05 Å². The fraction of sp³-hybridized carbons (Fsp3) is 1.00. The van der Waals surface area contributed by atoms with E-state index in [2.05, 4.69) is 10.0 Å². The number of nitrogens with zero attached hydrogens (tertiary/aromatic N) is 1. The molecule has 16 heavy (non-hydrogen) atoms. The molecule has 0 aliphatic carbocycles. The number of hydrogen-bond acceptors (Lipinski definition) is 3. The Kier molecular flexibility index (Phi) is 7.50. The van der Waals surface area contributed by atoms with Crippen molar-refractivity contribution in [3.63, 3.8) is 0 Å². The minimum atomic E-state index is -3.28. The Morgan fingerprint density at radius 1 is 1.50 bits per heavy atom. The predicted molar refractivity (Wildman–Crippen MR) is 68.1 cm³/mol. The van der Waals surface area contributed by atoms with Crippen LogP contribution in [0.1, 0.15) is 26.2 Å². The molecule has 1 aliphatic heterocycles. The van der Waals surface area contributed by atoms with E-state index >= 15 is 0 Å². The van der Waals surface area contributed by atoms with E-state index in [-0.39, 0.29) is 18.4 Å². The number of halogens is 1. The zero-order valence-electron chi connectivity index (χ0n) is 9.90. The van der Waals surface area contributed by atoms with Gasteiger partial charge in [-0.2, -0.15) is 17.4 Å². The van der Waals surface area contributed by atoms with Crippen molar-refractivity contribution in [3.05, 3.63) is 0 Å². The van der Waals surface area contributed by atoms with Crippen LogP contribution >= 0.6 is 12.4 Å². The highest BCUT2D eigenvalue weighted by atomic mass is 35.5. The molecule has 1 fully saturated rings. The third-order valence-electron chi connectivity index (χ3n) is 2.56. The maximum atomic E-state index is 11.8. The van der Waals surface area contributed by atoms with Crippen LogP contribution in [-0.4, -0.2) is 45.4 Å². The summed E-state index contributed by atoms with van der Waals surface area (Å²) in [6.07, 6.45) is 2.79. The lowest BCUT2D eigenvalue weighted by molar-refractivity contribution is 0.402. The van der Waals surface area contributed by atoms with E-state index in [1.807, 2.05) is 6.92 Å². The maximum absolute atomic E-state index is 11.8. The SMILES string of the molecule is CCCN(C)S(=O)(=O)N[C@H]1CCCNC1.Cl. The minimum absolute atomic E-state index is 0. The summed E-state index contributed by atoms with van der Waals surface area (Å²) < 4.78 is 27.6. The van der Waals surface area contributed by atoms with E-state index in [9.17, 15) is 8.42 Å². The minimum Gasteiger partial charge on any atom is -0.315 e. The molecule has 0 bridgehead atoms. The fourth-order valence-corrected chi connectivity index (χ4v) is 2.91. The van der Waals surface area contributed by atoms with Crippen LogP contribution in [-0.2, 0) is 10.2 Å². The van der Waals surface area contributed by atoms with Gasteiger partial charge in [0.2, 0.25) is 0 Å². The molecular formula is C9H22ClN3O2S. The van der Waals surface area contributed by atoms with E-state index in [0.29, 0.717) is 6.54 Å². The van der Waals surface area contributed by atoms with Crippen LogP contribution in [0, 0.1) is 0 Å². The third kappa shape index (κ3) is 4.97. The second kappa shape index (κ2) is 7.45. The Morgan fingerprint density at radius 2 is 2.19 bits per heavy atom. The normalized spacial score (nSPS) is 21.8. The van der Waals surface area contributed by atoms with Crippen molar-refractivity contribution < 1.29 is 8.42 Å². The van der Waals surface area contributed by atoms with Crippen LogP contribution in [0.4, 0.5) is 0 Å². The molecule has 1 aliphatic rings. The maximum Gasteiger partial charge on any atom is 0.279 e. The first-order valence-corrected chi connectivity index (χ1v) is 6.94. The van der Waals surface area contributed by atoms with Crippen molar-refractivity contribution in [2.24, 2.45) is 0 Å². The zero-order valence-corrected chi connectivity index (χ0v) is 11.5. The van der Waals surface area contributed by atoms with Gasteiger partial charge in [-0.1, -0.05) is 6.92 Å². The lowest BCUT2D eigenvalue weighted by Gasteiger charge is -2.26. The van der Waals surface area contributed by atoms with E-state index in [4.69, 9.17) is 0 Å². The molecule has 1 heterocycles. The molecule has 0 saturated carbocycles. The van der Waals surface area contributed by atoms with Gasteiger partial charge < -0.3 is 5.32 Å². The van der Waals surface area contributed by atoms with Crippen molar-refractivity contribution in [1.82, 2.24) is 14.3 Å². The largest absolute Gasteiger partial charge is 0.315 e. The number of rotatable bonds is 5. The smallest absolute Gasteiger partial charge is 0.279 e. The Bertz CT molecular complexity index is 278. The fourth-order valence-electron chi connectivity index (χ4n) is 1.69. The monoisotopic (exact) mass is 271 g/mol. The van der Waals surface area contributed by atoms with Crippen molar-refractivity contribution in [2.75, 3.05) is 26.7 Å². The van der Waals surface area contributed by atoms with Crippen LogP contribution in [0.2, 0.25) is 0 Å². The first-order chi connectivity index (χ1) is 7.06. The summed E-state index contributed by atoms with van der Waals surface area (Å²) in [6, 6.07) is 0.0445. The number of nitrogens with one attached hydrogen (secondary N) is 2. The highest BCUT2D eigenvalue weighted by Gasteiger charge is 2.22. The molecule has 1 saturated heterocycles. The Labute approximate surface area is 105 Å². The standard InChI is InChI=1S/C9H21N3O2S.ClH/c1-3-7-12(2)15(13,14)11-9-5-4-6-10-8-9;/h9-11H,3-8H2,1-2H3;1H/t9-;/m0./s1. The van der Waals surface area contributed by atoms with Gasteiger partial charge in [-0.15, -0.1) is 12.4 Å². The molecule has 98 valence electrons. The van der Waals surface area contributed by atoms with Gasteiger partial charge in [0, 0.05) is 26.2 Å². The zero-order chi connectivity index (χ0) is 11.3. The van der Waals surface area contributed by atoms with Gasteiger partial charge in [0.25, 0.3) is 10.2 Å². The molecule has 0 radical (unpaired) electrons. The summed E-state index contributed by atoms with van der Waals surface area (Å²) in [7, 11) is -1.67. The van der Waals surface area contributed by atoms with Gasteiger partial charge >= 0.3 is 0 Å². The molecule has 0 spiro atoms. The predicted octanol–water partition coefficient (Wildman–Crippen LogP) is 0.336. The van der Waals surface area contributed by atoms with Gasteiger partial charge in [0.05, 0.1) is 0 Å². The number of hydrogen-bond donors (Lipinski definition) is 2. The summed E-state index contributed by atoms with van der Waals surface area (Å²) in [6.45, 7) is 4.26. The summed E-state index contributed by atoms with van der Waals surface area (Å²) in [4.78, 5) is 0. The van der Waals surface area contributed by atoms with Crippen molar-refractivity contribution in [1.29, 1.82) is 0 Å². The molecule has 0 aromatic heterocycles. The highest BCUT2D eigenvalue weighted by molar-refractivity contribution is 7.87. The molecule has 0 aromatic carbocycles. The van der Waals surface area contributed by atoms with Gasteiger partial charge in [0.15, 0.2) is 0 Å². The highest BCUT2D eigenvalue weighted by Crippen LogP contribution is 2.05. The molecule has 1 rings (SSSR count). The molecule has 0 aromatic rings. The second-order valence-corrected chi connectivity index (χ2v) is 5.80. The molecule has 0 unspecified atom stereocenters. The van der Waals surface area contributed by atoms with Crippen LogP contribution in [0.15, 0.2) is 0 Å². The summed E-state index contributed by atoms with van der Waals surface area (Å²) in [5.41, 5.74) is 0. The van der Waals surface area contributed by atoms with Gasteiger partial charge in [-0.25, -0.2) is 0 Å². The molecule has 5 nitrogen and oxygen atoms in total. The molecular weight excluding hydrogens is 250 g/mol. The lowest BCUT2D eigenvalue weighted by Crippen LogP contribution is -2.49. The van der Waals surface area contributed by atoms with Crippen molar-refractivity contribution >= 4 is 22.6 Å². The third-order valence-corrected chi connectivity index (χ3v) is 4.20. The summed E-state index contributed by atoms with van der Waals surface area (Å²) in [5.74, 6) is 0. The Morgan fingerprint density at radius 3 is 2.69 bits per heavy atom. The molecule has 7 heteroatoms. The number of piperidine rings is 1. The Hall–Kier alpha value is 0.120. The van der Waals surface area contributed by atoms with Gasteiger partial charge in [-0.3, -0.25) is 0 Å². The van der Waals surface area contributed by atoms with E-state index < -0.39 is 10.2 Å². The molecule has 1 atom stereocenters. The quantitative estimate of drug-likeness (QED) is 0.758. The van der Waals surface area contributed by atoms with E-state index in [1.165, 1.54) is 4.31 Å². The average Bonchev–Trinajstić information content (AvgIpc) is 2.19. The lowest BCUT2D eigenvalue weighted by atomic mass is 10.1. The Balaban J connectivity index is 0.00000225. The van der Waals surface area contributed by atoms with E-state index in [0.717, 1.165) is 32.4 Å². The average molecular weight is 272 g/mol. The van der Waals surface area contributed by atoms with Crippen molar-refractivity contribution in [2.45, 2.75) is 32.2 Å². The van der Waals surface area contributed by atoms with Crippen LogP contribution in [0.25, 0.3) is 0 Å². The topological polar surface area (TPSA) is 61.4 Å².